The van der Waals surface area contributed by atoms with E-state index in [0.29, 0.717) is 11.4 Å². The summed E-state index contributed by atoms with van der Waals surface area (Å²) in [6.45, 7) is 4.20. The van der Waals surface area contributed by atoms with Crippen molar-refractivity contribution in [2.45, 2.75) is 32.7 Å². The van der Waals surface area contributed by atoms with Crippen molar-refractivity contribution in [1.29, 1.82) is 0 Å². The number of anilines is 1. The Morgan fingerprint density at radius 3 is 2.83 bits per heavy atom. The van der Waals surface area contributed by atoms with Gasteiger partial charge in [0.25, 0.3) is 5.91 Å². The average Bonchev–Trinajstić information content (AvgIpc) is 2.35. The van der Waals surface area contributed by atoms with Gasteiger partial charge in [0.05, 0.1) is 0 Å². The second-order valence-corrected chi connectivity index (χ2v) is 4.50. The van der Waals surface area contributed by atoms with Crippen LogP contribution in [0.4, 0.5) is 5.69 Å². The quantitative estimate of drug-likeness (QED) is 0.788. The van der Waals surface area contributed by atoms with E-state index in [9.17, 15) is 4.79 Å². The molecule has 0 aromatic heterocycles. The largest absolute Gasteiger partial charge is 0.484 e. The van der Waals surface area contributed by atoms with Crippen LogP contribution in [-0.4, -0.2) is 30.5 Å². The number of hydrogen-bond donors (Lipinski definition) is 1. The smallest absolute Gasteiger partial charge is 0.260 e. The predicted molar refractivity (Wildman–Crippen MR) is 73.5 cm³/mol. The molecule has 1 aromatic rings. The molecule has 0 spiro atoms. The van der Waals surface area contributed by atoms with Crippen LogP contribution in [0.15, 0.2) is 24.3 Å². The highest BCUT2D eigenvalue weighted by Gasteiger charge is 2.15. The molecule has 100 valence electrons. The number of nitrogens with two attached hydrogens (primary N) is 1. The topological polar surface area (TPSA) is 55.6 Å². The summed E-state index contributed by atoms with van der Waals surface area (Å²) in [5.74, 6) is 0.610. The van der Waals surface area contributed by atoms with Crippen LogP contribution >= 0.6 is 0 Å². The number of carbonyl (C=O) groups is 1. The monoisotopic (exact) mass is 250 g/mol. The zero-order chi connectivity index (χ0) is 13.5. The van der Waals surface area contributed by atoms with Gasteiger partial charge in [0.1, 0.15) is 5.75 Å². The molecule has 18 heavy (non-hydrogen) atoms. The zero-order valence-electron chi connectivity index (χ0n) is 11.3. The molecule has 0 aliphatic rings. The Labute approximate surface area is 109 Å². The molecule has 0 radical (unpaired) electrons. The van der Waals surface area contributed by atoms with E-state index in [4.69, 9.17) is 10.5 Å². The Hall–Kier alpha value is -1.71. The van der Waals surface area contributed by atoms with E-state index in [-0.39, 0.29) is 18.6 Å². The van der Waals surface area contributed by atoms with Crippen LogP contribution in [0.25, 0.3) is 0 Å². The van der Waals surface area contributed by atoms with Gasteiger partial charge in [-0.1, -0.05) is 19.4 Å². The number of nitrogen functional groups attached to an aromatic ring is 1. The number of rotatable bonds is 6. The van der Waals surface area contributed by atoms with Crippen LogP contribution in [0.2, 0.25) is 0 Å². The van der Waals surface area contributed by atoms with Crippen LogP contribution in [0.5, 0.6) is 5.75 Å². The minimum atomic E-state index is -0.0154. The van der Waals surface area contributed by atoms with E-state index in [1.165, 1.54) is 0 Å². The highest BCUT2D eigenvalue weighted by atomic mass is 16.5. The van der Waals surface area contributed by atoms with E-state index in [1.54, 1.807) is 29.2 Å². The maximum atomic E-state index is 11.9. The molecule has 0 fully saturated rings. The SMILES string of the molecule is CCCC(C)N(C)C(=O)COc1cccc(N)c1. The molecule has 2 N–H and O–H groups in total. The zero-order valence-corrected chi connectivity index (χ0v) is 11.3. The van der Waals surface area contributed by atoms with Gasteiger partial charge in [-0.05, 0) is 25.5 Å². The number of hydrogen-bond acceptors (Lipinski definition) is 3. The third-order valence-electron chi connectivity index (χ3n) is 2.98. The van der Waals surface area contributed by atoms with Crippen molar-refractivity contribution < 1.29 is 9.53 Å². The lowest BCUT2D eigenvalue weighted by molar-refractivity contribution is -0.133. The molecule has 0 heterocycles. The minimum Gasteiger partial charge on any atom is -0.484 e. The Kier molecular flexibility index (Phi) is 5.49. The Bertz CT molecular complexity index is 393. The van der Waals surface area contributed by atoms with Crippen molar-refractivity contribution in [3.63, 3.8) is 0 Å². The molecule has 1 atom stereocenters. The fourth-order valence-corrected chi connectivity index (χ4v) is 1.71. The van der Waals surface area contributed by atoms with Crippen LogP contribution in [0.1, 0.15) is 26.7 Å². The molecular weight excluding hydrogens is 228 g/mol. The Morgan fingerprint density at radius 2 is 2.22 bits per heavy atom. The third-order valence-corrected chi connectivity index (χ3v) is 2.98. The van der Waals surface area contributed by atoms with E-state index in [1.807, 2.05) is 14.0 Å². The normalized spacial score (nSPS) is 11.9. The summed E-state index contributed by atoms with van der Waals surface area (Å²) < 4.78 is 5.43. The standard InChI is InChI=1S/C14H22N2O2/c1-4-6-11(2)16(3)14(17)10-18-13-8-5-7-12(15)9-13/h5,7-9,11H,4,6,10,15H2,1-3H3. The molecule has 0 saturated heterocycles. The van der Waals surface area contributed by atoms with Gasteiger partial charge in [0.2, 0.25) is 0 Å². The molecule has 4 heteroatoms. The molecule has 1 rings (SSSR count). The lowest BCUT2D eigenvalue weighted by Crippen LogP contribution is -2.38. The second-order valence-electron chi connectivity index (χ2n) is 4.50. The van der Waals surface area contributed by atoms with Crippen molar-refractivity contribution in [1.82, 2.24) is 4.90 Å². The van der Waals surface area contributed by atoms with Gasteiger partial charge in [0.15, 0.2) is 6.61 Å². The summed E-state index contributed by atoms with van der Waals surface area (Å²) in [5.41, 5.74) is 6.27. The Morgan fingerprint density at radius 1 is 1.50 bits per heavy atom. The van der Waals surface area contributed by atoms with Crippen molar-refractivity contribution in [2.24, 2.45) is 0 Å². The van der Waals surface area contributed by atoms with Crippen LogP contribution in [0, 0.1) is 0 Å². The summed E-state index contributed by atoms with van der Waals surface area (Å²) in [5, 5.41) is 0. The van der Waals surface area contributed by atoms with Gasteiger partial charge < -0.3 is 15.4 Å². The van der Waals surface area contributed by atoms with Crippen molar-refractivity contribution >= 4 is 11.6 Å². The molecule has 0 saturated carbocycles. The van der Waals surface area contributed by atoms with E-state index in [0.717, 1.165) is 12.8 Å². The molecule has 0 bridgehead atoms. The number of amides is 1. The molecule has 1 amide bonds. The summed E-state index contributed by atoms with van der Waals surface area (Å²) >= 11 is 0. The number of likely N-dealkylation sites (N-methyl/N-ethyl adjacent to an activating group) is 1. The second kappa shape index (κ2) is 6.89. The molecule has 0 aliphatic heterocycles. The maximum absolute atomic E-state index is 11.9. The number of nitrogens with zero attached hydrogens (tertiary/aromatic N) is 1. The number of ether oxygens (including phenoxy) is 1. The molecule has 0 aliphatic carbocycles. The summed E-state index contributed by atoms with van der Waals surface area (Å²) in [4.78, 5) is 13.6. The van der Waals surface area contributed by atoms with E-state index in [2.05, 4.69) is 6.92 Å². The predicted octanol–water partition coefficient (Wildman–Crippen LogP) is 2.29. The molecule has 1 aromatic carbocycles. The van der Waals surface area contributed by atoms with Crippen molar-refractivity contribution in [3.8, 4) is 5.75 Å². The van der Waals surface area contributed by atoms with Gasteiger partial charge in [0, 0.05) is 24.8 Å². The van der Waals surface area contributed by atoms with Gasteiger partial charge in [-0.25, -0.2) is 0 Å². The first-order valence-corrected chi connectivity index (χ1v) is 6.28. The maximum Gasteiger partial charge on any atom is 0.260 e. The fraction of sp³-hybridized carbons (Fsp3) is 0.500. The highest BCUT2D eigenvalue weighted by molar-refractivity contribution is 5.77. The van der Waals surface area contributed by atoms with Gasteiger partial charge in [-0.3, -0.25) is 4.79 Å². The third kappa shape index (κ3) is 4.28. The lowest BCUT2D eigenvalue weighted by Gasteiger charge is -2.24. The molecular formula is C14H22N2O2. The first-order chi connectivity index (χ1) is 8.54. The summed E-state index contributed by atoms with van der Waals surface area (Å²) in [6, 6.07) is 7.33. The molecule has 4 nitrogen and oxygen atoms in total. The van der Waals surface area contributed by atoms with E-state index < -0.39 is 0 Å². The molecule has 1 unspecified atom stereocenters. The van der Waals surface area contributed by atoms with Crippen LogP contribution in [-0.2, 0) is 4.79 Å². The van der Waals surface area contributed by atoms with Crippen LogP contribution in [0.3, 0.4) is 0 Å². The fourth-order valence-electron chi connectivity index (χ4n) is 1.71. The number of benzene rings is 1. The van der Waals surface area contributed by atoms with E-state index >= 15 is 0 Å². The van der Waals surface area contributed by atoms with Crippen molar-refractivity contribution in [2.75, 3.05) is 19.4 Å². The van der Waals surface area contributed by atoms with Gasteiger partial charge in [-0.2, -0.15) is 0 Å². The van der Waals surface area contributed by atoms with Crippen molar-refractivity contribution in [3.05, 3.63) is 24.3 Å². The number of carbonyl (C=O) groups excluding carboxylic acids is 1. The van der Waals surface area contributed by atoms with Crippen LogP contribution < -0.4 is 10.5 Å². The lowest BCUT2D eigenvalue weighted by atomic mass is 10.2. The summed E-state index contributed by atoms with van der Waals surface area (Å²) in [6.07, 6.45) is 2.06. The van der Waals surface area contributed by atoms with Gasteiger partial charge in [-0.15, -0.1) is 0 Å². The van der Waals surface area contributed by atoms with Gasteiger partial charge >= 0.3 is 0 Å². The average molecular weight is 250 g/mol. The first-order valence-electron chi connectivity index (χ1n) is 6.28. The summed E-state index contributed by atoms with van der Waals surface area (Å²) in [7, 11) is 1.81. The first kappa shape index (κ1) is 14.4. The minimum absolute atomic E-state index is 0.0154. The Balaban J connectivity index is 2.45. The highest BCUT2D eigenvalue weighted by Crippen LogP contribution is 2.14.